The molecule has 0 saturated heterocycles. The zero-order chi connectivity index (χ0) is 14.0. The van der Waals surface area contributed by atoms with Crippen molar-refractivity contribution < 1.29 is 9.90 Å². The van der Waals surface area contributed by atoms with Crippen LogP contribution in [0, 0.1) is 13.8 Å². The van der Waals surface area contributed by atoms with E-state index in [2.05, 4.69) is 10.1 Å². The second-order valence-electron chi connectivity index (χ2n) is 3.98. The number of aromatic nitrogens is 3. The Balaban J connectivity index is 2.56. The smallest absolute Gasteiger partial charge is 0.328 e. The summed E-state index contributed by atoms with van der Waals surface area (Å²) < 4.78 is 1.61. The first-order valence-corrected chi connectivity index (χ1v) is 5.96. The monoisotopic (exact) mass is 277 g/mol. The number of carboxylic acids is 1. The Morgan fingerprint density at radius 3 is 2.79 bits per heavy atom. The third-order valence-electron chi connectivity index (χ3n) is 2.63. The van der Waals surface area contributed by atoms with Crippen molar-refractivity contribution in [1.82, 2.24) is 14.8 Å². The number of hydrogen-bond acceptors (Lipinski definition) is 3. The lowest BCUT2D eigenvalue weighted by Gasteiger charge is -2.06. The van der Waals surface area contributed by atoms with Crippen molar-refractivity contribution in [2.45, 2.75) is 13.8 Å². The van der Waals surface area contributed by atoms with Gasteiger partial charge >= 0.3 is 5.97 Å². The van der Waals surface area contributed by atoms with Crippen LogP contribution in [0.15, 0.2) is 24.4 Å². The van der Waals surface area contributed by atoms with Gasteiger partial charge in [0.05, 0.1) is 16.4 Å². The Labute approximate surface area is 115 Å². The standard InChI is InChI=1S/C13H12ClN3O2/c1-8-12(14)9(2)17(16-8)13-10(4-3-7-15-13)5-6-11(18)19/h3-7H,1-2H3,(H,18,19)/b6-5+. The molecule has 5 nitrogen and oxygen atoms in total. The molecule has 0 unspecified atom stereocenters. The van der Waals surface area contributed by atoms with Crippen molar-refractivity contribution in [1.29, 1.82) is 0 Å². The number of aryl methyl sites for hydroxylation is 1. The highest BCUT2D eigenvalue weighted by Crippen LogP contribution is 2.23. The Kier molecular flexibility index (Phi) is 3.66. The van der Waals surface area contributed by atoms with Crippen LogP contribution in [0.4, 0.5) is 0 Å². The Hall–Kier alpha value is -2.14. The van der Waals surface area contributed by atoms with Crippen molar-refractivity contribution in [3.63, 3.8) is 0 Å². The number of aliphatic carboxylic acids is 1. The van der Waals surface area contributed by atoms with Crippen molar-refractivity contribution in [2.24, 2.45) is 0 Å². The van der Waals surface area contributed by atoms with Gasteiger partial charge in [0.1, 0.15) is 0 Å². The molecule has 2 rings (SSSR count). The number of hydrogen-bond donors (Lipinski definition) is 1. The summed E-state index contributed by atoms with van der Waals surface area (Å²) in [6.07, 6.45) is 4.17. The number of nitrogens with zero attached hydrogens (tertiary/aromatic N) is 3. The molecular weight excluding hydrogens is 266 g/mol. The first-order valence-electron chi connectivity index (χ1n) is 5.59. The molecule has 0 atom stereocenters. The minimum absolute atomic E-state index is 0.549. The summed E-state index contributed by atoms with van der Waals surface area (Å²) in [5, 5.41) is 13.6. The van der Waals surface area contributed by atoms with Gasteiger partial charge in [0.2, 0.25) is 0 Å². The molecule has 0 aliphatic rings. The summed E-state index contributed by atoms with van der Waals surface area (Å²) in [4.78, 5) is 14.8. The molecular formula is C13H12ClN3O2. The molecule has 0 fully saturated rings. The van der Waals surface area contributed by atoms with Crippen LogP contribution >= 0.6 is 11.6 Å². The van der Waals surface area contributed by atoms with Gasteiger partial charge in [-0.25, -0.2) is 14.5 Å². The van der Waals surface area contributed by atoms with Gasteiger partial charge in [-0.1, -0.05) is 11.6 Å². The summed E-state index contributed by atoms with van der Waals surface area (Å²) in [6, 6.07) is 3.50. The van der Waals surface area contributed by atoms with Crippen LogP contribution in [-0.4, -0.2) is 25.8 Å². The molecule has 0 spiro atoms. The Morgan fingerprint density at radius 1 is 1.47 bits per heavy atom. The normalized spacial score (nSPS) is 11.1. The zero-order valence-electron chi connectivity index (χ0n) is 10.5. The molecule has 0 bridgehead atoms. The average molecular weight is 278 g/mol. The molecule has 0 radical (unpaired) electrons. The molecule has 2 aromatic heterocycles. The fourth-order valence-electron chi connectivity index (χ4n) is 1.71. The van der Waals surface area contributed by atoms with Crippen LogP contribution in [0.3, 0.4) is 0 Å². The molecule has 0 aromatic carbocycles. The predicted molar refractivity (Wildman–Crippen MR) is 72.5 cm³/mol. The molecule has 0 amide bonds. The van der Waals surface area contributed by atoms with E-state index in [-0.39, 0.29) is 0 Å². The summed E-state index contributed by atoms with van der Waals surface area (Å²) >= 11 is 6.10. The largest absolute Gasteiger partial charge is 0.478 e. The van der Waals surface area contributed by atoms with Crippen molar-refractivity contribution >= 4 is 23.6 Å². The van der Waals surface area contributed by atoms with Crippen LogP contribution in [0.25, 0.3) is 11.9 Å². The van der Waals surface area contributed by atoms with Gasteiger partial charge in [-0.15, -0.1) is 0 Å². The van der Waals surface area contributed by atoms with Gasteiger partial charge in [-0.3, -0.25) is 0 Å². The topological polar surface area (TPSA) is 68.0 Å². The molecule has 0 saturated carbocycles. The van der Waals surface area contributed by atoms with Crippen LogP contribution in [-0.2, 0) is 4.79 Å². The molecule has 98 valence electrons. The highest BCUT2D eigenvalue weighted by atomic mass is 35.5. The number of carbonyl (C=O) groups is 1. The lowest BCUT2D eigenvalue weighted by atomic mass is 10.2. The first-order chi connectivity index (χ1) is 9.00. The minimum atomic E-state index is -1.01. The van der Waals surface area contributed by atoms with Gasteiger partial charge in [-0.2, -0.15) is 5.10 Å². The number of rotatable bonds is 3. The lowest BCUT2D eigenvalue weighted by molar-refractivity contribution is -0.131. The summed E-state index contributed by atoms with van der Waals surface area (Å²) in [6.45, 7) is 3.64. The van der Waals surface area contributed by atoms with Crippen LogP contribution < -0.4 is 0 Å². The molecule has 1 N–H and O–H groups in total. The maximum atomic E-state index is 10.6. The van der Waals surface area contributed by atoms with Gasteiger partial charge < -0.3 is 5.11 Å². The SMILES string of the molecule is Cc1nn(-c2ncccc2/C=C/C(=O)O)c(C)c1Cl. The highest BCUT2D eigenvalue weighted by molar-refractivity contribution is 6.31. The van der Waals surface area contributed by atoms with Gasteiger partial charge in [0.25, 0.3) is 0 Å². The van der Waals surface area contributed by atoms with Gasteiger partial charge in [-0.05, 0) is 32.1 Å². The van der Waals surface area contributed by atoms with Crippen molar-refractivity contribution in [2.75, 3.05) is 0 Å². The fourth-order valence-corrected chi connectivity index (χ4v) is 1.83. The van der Waals surface area contributed by atoms with Crippen LogP contribution in [0.5, 0.6) is 0 Å². The van der Waals surface area contributed by atoms with Crippen LogP contribution in [0.2, 0.25) is 5.02 Å². The first kappa shape index (κ1) is 13.3. The average Bonchev–Trinajstić information content (AvgIpc) is 2.64. The fraction of sp³-hybridized carbons (Fsp3) is 0.154. The molecule has 2 heterocycles. The molecule has 0 aliphatic carbocycles. The minimum Gasteiger partial charge on any atom is -0.478 e. The lowest BCUT2D eigenvalue weighted by Crippen LogP contribution is -2.04. The number of pyridine rings is 1. The second-order valence-corrected chi connectivity index (χ2v) is 4.36. The third kappa shape index (κ3) is 2.66. The summed E-state index contributed by atoms with van der Waals surface area (Å²) in [5.41, 5.74) is 2.13. The van der Waals surface area contributed by atoms with E-state index in [1.54, 1.807) is 23.0 Å². The number of carboxylic acid groups (broad SMARTS) is 1. The Morgan fingerprint density at radius 2 is 2.21 bits per heavy atom. The van der Waals surface area contributed by atoms with Gasteiger partial charge in [0.15, 0.2) is 5.82 Å². The van der Waals surface area contributed by atoms with E-state index in [1.807, 2.05) is 13.8 Å². The Bertz CT molecular complexity index is 662. The van der Waals surface area contributed by atoms with Crippen molar-refractivity contribution in [3.05, 3.63) is 46.4 Å². The van der Waals surface area contributed by atoms with Gasteiger partial charge in [0, 0.05) is 17.8 Å². The maximum absolute atomic E-state index is 10.6. The van der Waals surface area contributed by atoms with E-state index in [0.29, 0.717) is 22.1 Å². The van der Waals surface area contributed by atoms with Crippen LogP contribution in [0.1, 0.15) is 17.0 Å². The summed E-state index contributed by atoms with van der Waals surface area (Å²) in [7, 11) is 0. The molecule has 2 aromatic rings. The third-order valence-corrected chi connectivity index (χ3v) is 3.17. The highest BCUT2D eigenvalue weighted by Gasteiger charge is 2.13. The molecule has 19 heavy (non-hydrogen) atoms. The predicted octanol–water partition coefficient (Wildman–Crippen LogP) is 2.64. The molecule has 0 aliphatic heterocycles. The van der Waals surface area contributed by atoms with E-state index in [9.17, 15) is 4.79 Å². The molecule has 6 heteroatoms. The van der Waals surface area contributed by atoms with E-state index in [1.165, 1.54) is 6.08 Å². The maximum Gasteiger partial charge on any atom is 0.328 e. The number of halogens is 1. The quantitative estimate of drug-likeness (QED) is 0.876. The van der Waals surface area contributed by atoms with E-state index >= 15 is 0 Å². The second kappa shape index (κ2) is 5.24. The van der Waals surface area contributed by atoms with E-state index in [0.717, 1.165) is 11.8 Å². The van der Waals surface area contributed by atoms with E-state index < -0.39 is 5.97 Å². The zero-order valence-corrected chi connectivity index (χ0v) is 11.2. The van der Waals surface area contributed by atoms with Crippen molar-refractivity contribution in [3.8, 4) is 5.82 Å². The van der Waals surface area contributed by atoms with E-state index in [4.69, 9.17) is 16.7 Å². The summed E-state index contributed by atoms with van der Waals surface area (Å²) in [5.74, 6) is -0.464.